The quantitative estimate of drug-likeness (QED) is 0.642. The van der Waals surface area contributed by atoms with Crippen LogP contribution < -0.4 is 10.1 Å². The first-order valence-corrected chi connectivity index (χ1v) is 9.43. The molecule has 0 saturated heterocycles. The van der Waals surface area contributed by atoms with Crippen LogP contribution in [0.15, 0.2) is 54.6 Å². The van der Waals surface area contributed by atoms with Gasteiger partial charge in [-0.05, 0) is 18.6 Å². The van der Waals surface area contributed by atoms with E-state index in [2.05, 4.69) is 5.32 Å². The maximum atomic E-state index is 13.0. The number of carboxylic acids is 1. The summed E-state index contributed by atoms with van der Waals surface area (Å²) < 4.78 is 5.63. The van der Waals surface area contributed by atoms with Gasteiger partial charge in [0.05, 0.1) is 19.1 Å². The molecule has 0 spiro atoms. The molecule has 2 amide bonds. The Kier molecular flexibility index (Phi) is 8.21. The SMILES string of the molecule is CCOc1ccccc1C(CC(=O)N(CC(=O)O)Cc1ccccc1)NC(C)=O. The van der Waals surface area contributed by atoms with E-state index >= 15 is 0 Å². The number of amides is 2. The van der Waals surface area contributed by atoms with Crippen LogP contribution in [0, 0.1) is 0 Å². The zero-order valence-electron chi connectivity index (χ0n) is 16.6. The van der Waals surface area contributed by atoms with Crippen molar-refractivity contribution in [3.05, 3.63) is 65.7 Å². The minimum Gasteiger partial charge on any atom is -0.494 e. The van der Waals surface area contributed by atoms with Crippen molar-refractivity contribution in [3.63, 3.8) is 0 Å². The van der Waals surface area contributed by atoms with E-state index in [1.165, 1.54) is 11.8 Å². The number of carbonyl (C=O) groups excluding carboxylic acids is 2. The van der Waals surface area contributed by atoms with Gasteiger partial charge in [0.25, 0.3) is 0 Å². The van der Waals surface area contributed by atoms with Crippen molar-refractivity contribution in [1.82, 2.24) is 10.2 Å². The minimum absolute atomic E-state index is 0.0796. The molecule has 7 nitrogen and oxygen atoms in total. The number of nitrogens with zero attached hydrogens (tertiary/aromatic N) is 1. The Morgan fingerprint density at radius 2 is 1.72 bits per heavy atom. The summed E-state index contributed by atoms with van der Waals surface area (Å²) in [6.45, 7) is 3.42. The topological polar surface area (TPSA) is 95.9 Å². The maximum absolute atomic E-state index is 13.0. The second-order valence-corrected chi connectivity index (χ2v) is 6.56. The number of nitrogens with one attached hydrogen (secondary N) is 1. The third-order valence-corrected chi connectivity index (χ3v) is 4.25. The molecule has 0 radical (unpaired) electrons. The highest BCUT2D eigenvalue weighted by Crippen LogP contribution is 2.28. The van der Waals surface area contributed by atoms with Crippen LogP contribution in [0.2, 0.25) is 0 Å². The van der Waals surface area contributed by atoms with Crippen LogP contribution in [0.3, 0.4) is 0 Å². The summed E-state index contributed by atoms with van der Waals surface area (Å²) in [5, 5.41) is 12.0. The summed E-state index contributed by atoms with van der Waals surface area (Å²) in [5.41, 5.74) is 1.50. The molecule has 0 heterocycles. The highest BCUT2D eigenvalue weighted by atomic mass is 16.5. The number of aliphatic carboxylic acids is 1. The number of para-hydroxylation sites is 1. The first-order valence-electron chi connectivity index (χ1n) is 9.43. The molecule has 0 bridgehead atoms. The van der Waals surface area contributed by atoms with E-state index in [-0.39, 0.29) is 24.8 Å². The fourth-order valence-electron chi connectivity index (χ4n) is 3.04. The lowest BCUT2D eigenvalue weighted by molar-refractivity contribution is -0.145. The molecular formula is C22H26N2O5. The van der Waals surface area contributed by atoms with Crippen molar-refractivity contribution >= 4 is 17.8 Å². The van der Waals surface area contributed by atoms with Gasteiger partial charge in [-0.1, -0.05) is 48.5 Å². The predicted molar refractivity (Wildman–Crippen MR) is 108 cm³/mol. The summed E-state index contributed by atoms with van der Waals surface area (Å²) in [4.78, 5) is 37.3. The van der Waals surface area contributed by atoms with E-state index in [0.717, 1.165) is 5.56 Å². The third-order valence-electron chi connectivity index (χ3n) is 4.25. The van der Waals surface area contributed by atoms with Crippen molar-refractivity contribution < 1.29 is 24.2 Å². The Bertz CT molecular complexity index is 838. The number of hydrogen-bond donors (Lipinski definition) is 2. The van der Waals surface area contributed by atoms with Crippen LogP contribution in [0.5, 0.6) is 5.75 Å². The van der Waals surface area contributed by atoms with Crippen molar-refractivity contribution in [1.29, 1.82) is 0 Å². The summed E-state index contributed by atoms with van der Waals surface area (Å²) in [7, 11) is 0. The van der Waals surface area contributed by atoms with E-state index in [9.17, 15) is 19.5 Å². The lowest BCUT2D eigenvalue weighted by atomic mass is 10.0. The molecule has 0 aromatic heterocycles. The van der Waals surface area contributed by atoms with E-state index < -0.39 is 18.6 Å². The summed E-state index contributed by atoms with van der Waals surface area (Å²) >= 11 is 0. The van der Waals surface area contributed by atoms with Crippen LogP contribution in [0.25, 0.3) is 0 Å². The first-order chi connectivity index (χ1) is 13.9. The Morgan fingerprint density at radius 1 is 1.07 bits per heavy atom. The van der Waals surface area contributed by atoms with Crippen LogP contribution in [0.1, 0.15) is 37.4 Å². The van der Waals surface area contributed by atoms with Crippen molar-refractivity contribution in [2.45, 2.75) is 32.9 Å². The van der Waals surface area contributed by atoms with Crippen molar-refractivity contribution in [2.75, 3.05) is 13.2 Å². The molecule has 2 rings (SSSR count). The van der Waals surface area contributed by atoms with Gasteiger partial charge in [0.2, 0.25) is 11.8 Å². The fraction of sp³-hybridized carbons (Fsp3) is 0.318. The molecule has 0 saturated carbocycles. The van der Waals surface area contributed by atoms with Crippen LogP contribution >= 0.6 is 0 Å². The molecule has 0 aliphatic rings. The van der Waals surface area contributed by atoms with Gasteiger partial charge < -0.3 is 20.1 Å². The summed E-state index contributed by atoms with van der Waals surface area (Å²) in [5.74, 6) is -1.18. The van der Waals surface area contributed by atoms with Crippen LogP contribution in [-0.2, 0) is 20.9 Å². The highest BCUT2D eigenvalue weighted by Gasteiger charge is 2.25. The van der Waals surface area contributed by atoms with Crippen molar-refractivity contribution in [2.24, 2.45) is 0 Å². The zero-order chi connectivity index (χ0) is 21.2. The summed E-state index contributed by atoms with van der Waals surface area (Å²) in [6.07, 6.45) is -0.0796. The van der Waals surface area contributed by atoms with Gasteiger partial charge in [-0.25, -0.2) is 0 Å². The van der Waals surface area contributed by atoms with Gasteiger partial charge in [-0.2, -0.15) is 0 Å². The van der Waals surface area contributed by atoms with E-state index in [1.54, 1.807) is 18.2 Å². The Hall–Kier alpha value is -3.35. The molecule has 7 heteroatoms. The van der Waals surface area contributed by atoms with Gasteiger partial charge in [0.1, 0.15) is 12.3 Å². The molecule has 0 aliphatic heterocycles. The normalized spacial score (nSPS) is 11.4. The lowest BCUT2D eigenvalue weighted by Gasteiger charge is -2.25. The van der Waals surface area contributed by atoms with Gasteiger partial charge in [0, 0.05) is 19.0 Å². The number of carbonyl (C=O) groups is 3. The Morgan fingerprint density at radius 3 is 2.34 bits per heavy atom. The average molecular weight is 398 g/mol. The first kappa shape index (κ1) is 21.9. The molecule has 1 atom stereocenters. The highest BCUT2D eigenvalue weighted by molar-refractivity contribution is 5.83. The third kappa shape index (κ3) is 6.95. The second kappa shape index (κ2) is 10.8. The van der Waals surface area contributed by atoms with E-state index in [4.69, 9.17) is 4.74 Å². The number of ether oxygens (including phenoxy) is 1. The van der Waals surface area contributed by atoms with E-state index in [1.807, 2.05) is 43.3 Å². The monoisotopic (exact) mass is 398 g/mol. The fourth-order valence-corrected chi connectivity index (χ4v) is 3.04. The molecular weight excluding hydrogens is 372 g/mol. The molecule has 0 aliphatic carbocycles. The van der Waals surface area contributed by atoms with Crippen LogP contribution in [0.4, 0.5) is 0 Å². The molecule has 1 unspecified atom stereocenters. The molecule has 0 fully saturated rings. The van der Waals surface area contributed by atoms with E-state index in [0.29, 0.717) is 17.9 Å². The number of benzene rings is 2. The lowest BCUT2D eigenvalue weighted by Crippen LogP contribution is -2.38. The number of carboxylic acid groups (broad SMARTS) is 1. The molecule has 2 aromatic carbocycles. The number of hydrogen-bond acceptors (Lipinski definition) is 4. The molecule has 2 aromatic rings. The zero-order valence-corrected chi connectivity index (χ0v) is 16.6. The predicted octanol–water partition coefficient (Wildman–Crippen LogP) is 2.77. The molecule has 154 valence electrons. The van der Waals surface area contributed by atoms with Crippen LogP contribution in [-0.4, -0.2) is 40.9 Å². The minimum atomic E-state index is -1.10. The van der Waals surface area contributed by atoms with Gasteiger partial charge in [0.15, 0.2) is 0 Å². The van der Waals surface area contributed by atoms with Gasteiger partial charge >= 0.3 is 5.97 Å². The van der Waals surface area contributed by atoms with Gasteiger partial charge in [-0.3, -0.25) is 14.4 Å². The number of rotatable bonds is 10. The Labute approximate surface area is 170 Å². The summed E-state index contributed by atoms with van der Waals surface area (Å²) in [6, 6.07) is 15.7. The van der Waals surface area contributed by atoms with Crippen molar-refractivity contribution in [3.8, 4) is 5.75 Å². The average Bonchev–Trinajstić information content (AvgIpc) is 2.68. The van der Waals surface area contributed by atoms with Gasteiger partial charge in [-0.15, -0.1) is 0 Å². The maximum Gasteiger partial charge on any atom is 0.323 e. The molecule has 2 N–H and O–H groups in total. The molecule has 29 heavy (non-hydrogen) atoms. The standard InChI is InChI=1S/C22H26N2O5/c1-3-29-20-12-8-7-11-18(20)19(23-16(2)25)13-21(26)24(15-22(27)28)14-17-9-5-4-6-10-17/h4-12,19H,3,13-15H2,1-2H3,(H,23,25)(H,27,28). The second-order valence-electron chi connectivity index (χ2n) is 6.56. The Balaban J connectivity index is 2.26. The smallest absolute Gasteiger partial charge is 0.323 e. The largest absolute Gasteiger partial charge is 0.494 e.